The minimum Gasteiger partial charge on any atom is -0.305 e. The van der Waals surface area contributed by atoms with E-state index in [0.29, 0.717) is 12.1 Å². The van der Waals surface area contributed by atoms with Gasteiger partial charge in [0.1, 0.15) is 0 Å². The van der Waals surface area contributed by atoms with Crippen LogP contribution >= 0.6 is 0 Å². The summed E-state index contributed by atoms with van der Waals surface area (Å²) in [6, 6.07) is 1.80. The first kappa shape index (κ1) is 12.1. The monoisotopic (exact) mass is 246 g/mol. The number of nitrogens with one attached hydrogen (secondary N) is 1. The fourth-order valence-electron chi connectivity index (χ4n) is 2.97. The Morgan fingerprint density at radius 3 is 2.78 bits per heavy atom. The van der Waals surface area contributed by atoms with E-state index in [1.807, 2.05) is 6.92 Å². The van der Waals surface area contributed by atoms with Crippen LogP contribution in [-0.4, -0.2) is 40.0 Å². The lowest BCUT2D eigenvalue weighted by Gasteiger charge is -2.20. The Hall–Kier alpha value is -1.00. The topological polar surface area (TPSA) is 41.1 Å². The smallest absolute Gasteiger partial charge is 0.0782 e. The molecule has 2 heterocycles. The molecule has 4 nitrogen and oxygen atoms in total. The SMILES string of the molecule is Cc1nccnc1C(C)NC1CCN(C2CC2)C1. The van der Waals surface area contributed by atoms with Crippen molar-refractivity contribution in [1.82, 2.24) is 20.2 Å². The second-order valence-corrected chi connectivity index (χ2v) is 5.63. The fraction of sp³-hybridized carbons (Fsp3) is 0.714. The number of aryl methyl sites for hydroxylation is 1. The Bertz CT molecular complexity index is 416. The normalized spacial score (nSPS) is 26.4. The highest BCUT2D eigenvalue weighted by Gasteiger charge is 2.34. The first-order chi connectivity index (χ1) is 8.74. The molecule has 2 fully saturated rings. The maximum Gasteiger partial charge on any atom is 0.0782 e. The zero-order valence-corrected chi connectivity index (χ0v) is 11.3. The maximum atomic E-state index is 4.45. The van der Waals surface area contributed by atoms with Crippen molar-refractivity contribution in [3.8, 4) is 0 Å². The molecule has 2 aliphatic rings. The molecule has 3 rings (SSSR count). The molecule has 1 aromatic heterocycles. The average molecular weight is 246 g/mol. The van der Waals surface area contributed by atoms with Crippen LogP contribution in [0, 0.1) is 6.92 Å². The van der Waals surface area contributed by atoms with Crippen molar-refractivity contribution in [1.29, 1.82) is 0 Å². The molecule has 18 heavy (non-hydrogen) atoms. The van der Waals surface area contributed by atoms with Gasteiger partial charge in [-0.15, -0.1) is 0 Å². The highest BCUT2D eigenvalue weighted by Crippen LogP contribution is 2.30. The second-order valence-electron chi connectivity index (χ2n) is 5.63. The summed E-state index contributed by atoms with van der Waals surface area (Å²) in [5.41, 5.74) is 2.12. The number of likely N-dealkylation sites (tertiary alicyclic amines) is 1. The molecule has 1 aliphatic heterocycles. The lowest BCUT2D eigenvalue weighted by atomic mass is 10.1. The summed E-state index contributed by atoms with van der Waals surface area (Å²) in [6.07, 6.45) is 7.62. The Balaban J connectivity index is 1.58. The summed E-state index contributed by atoms with van der Waals surface area (Å²) in [6.45, 7) is 6.69. The Morgan fingerprint density at radius 1 is 1.28 bits per heavy atom. The molecular weight excluding hydrogens is 224 g/mol. The van der Waals surface area contributed by atoms with Gasteiger partial charge in [-0.3, -0.25) is 14.9 Å². The van der Waals surface area contributed by atoms with E-state index >= 15 is 0 Å². The van der Waals surface area contributed by atoms with Crippen LogP contribution in [0.4, 0.5) is 0 Å². The van der Waals surface area contributed by atoms with Gasteiger partial charge in [0.05, 0.1) is 11.4 Å². The zero-order chi connectivity index (χ0) is 12.5. The molecule has 2 unspecified atom stereocenters. The molecule has 0 aromatic carbocycles. The van der Waals surface area contributed by atoms with Crippen molar-refractivity contribution in [2.24, 2.45) is 0 Å². The van der Waals surface area contributed by atoms with E-state index in [1.165, 1.54) is 32.4 Å². The van der Waals surface area contributed by atoms with E-state index in [2.05, 4.69) is 27.1 Å². The van der Waals surface area contributed by atoms with Gasteiger partial charge in [-0.1, -0.05) is 0 Å². The molecule has 1 aliphatic carbocycles. The lowest BCUT2D eigenvalue weighted by molar-refractivity contribution is 0.313. The van der Waals surface area contributed by atoms with Crippen molar-refractivity contribution in [2.45, 2.75) is 51.2 Å². The molecule has 4 heteroatoms. The Morgan fingerprint density at radius 2 is 2.06 bits per heavy atom. The van der Waals surface area contributed by atoms with E-state index < -0.39 is 0 Å². The van der Waals surface area contributed by atoms with E-state index in [9.17, 15) is 0 Å². The summed E-state index contributed by atoms with van der Waals surface area (Å²) < 4.78 is 0. The third-order valence-electron chi connectivity index (χ3n) is 4.10. The lowest BCUT2D eigenvalue weighted by Crippen LogP contribution is -2.35. The maximum absolute atomic E-state index is 4.45. The molecule has 0 bridgehead atoms. The zero-order valence-electron chi connectivity index (χ0n) is 11.3. The van der Waals surface area contributed by atoms with Gasteiger partial charge < -0.3 is 5.32 Å². The summed E-state index contributed by atoms with van der Waals surface area (Å²) in [4.78, 5) is 11.4. The van der Waals surface area contributed by atoms with Gasteiger partial charge in [-0.25, -0.2) is 0 Å². The van der Waals surface area contributed by atoms with Crippen LogP contribution in [0.2, 0.25) is 0 Å². The first-order valence-electron chi connectivity index (χ1n) is 7.01. The highest BCUT2D eigenvalue weighted by molar-refractivity contribution is 5.13. The fourth-order valence-corrected chi connectivity index (χ4v) is 2.97. The Kier molecular flexibility index (Phi) is 3.31. The molecule has 1 N–H and O–H groups in total. The van der Waals surface area contributed by atoms with Gasteiger partial charge >= 0.3 is 0 Å². The third kappa shape index (κ3) is 2.54. The molecular formula is C14H22N4. The predicted molar refractivity (Wildman–Crippen MR) is 71.3 cm³/mol. The van der Waals surface area contributed by atoms with Crippen LogP contribution in [0.25, 0.3) is 0 Å². The van der Waals surface area contributed by atoms with Crippen LogP contribution in [0.15, 0.2) is 12.4 Å². The molecule has 1 aromatic rings. The second kappa shape index (κ2) is 4.94. The molecule has 1 saturated heterocycles. The van der Waals surface area contributed by atoms with Gasteiger partial charge in [-0.05, 0) is 33.1 Å². The number of rotatable bonds is 4. The summed E-state index contributed by atoms with van der Waals surface area (Å²) in [7, 11) is 0. The average Bonchev–Trinajstić information content (AvgIpc) is 3.11. The van der Waals surface area contributed by atoms with Crippen molar-refractivity contribution in [3.05, 3.63) is 23.8 Å². The van der Waals surface area contributed by atoms with Gasteiger partial charge in [-0.2, -0.15) is 0 Å². The van der Waals surface area contributed by atoms with Gasteiger partial charge in [0, 0.05) is 43.6 Å². The third-order valence-corrected chi connectivity index (χ3v) is 4.10. The highest BCUT2D eigenvalue weighted by atomic mass is 15.2. The van der Waals surface area contributed by atoms with E-state index in [4.69, 9.17) is 0 Å². The van der Waals surface area contributed by atoms with Crippen molar-refractivity contribution >= 4 is 0 Å². The Labute approximate surface area is 109 Å². The molecule has 1 saturated carbocycles. The summed E-state index contributed by atoms with van der Waals surface area (Å²) in [5, 5.41) is 3.70. The van der Waals surface area contributed by atoms with E-state index in [1.54, 1.807) is 12.4 Å². The number of hydrogen-bond donors (Lipinski definition) is 1. The minimum atomic E-state index is 0.294. The van der Waals surface area contributed by atoms with Crippen molar-refractivity contribution in [2.75, 3.05) is 13.1 Å². The van der Waals surface area contributed by atoms with Crippen molar-refractivity contribution < 1.29 is 0 Å². The quantitative estimate of drug-likeness (QED) is 0.877. The van der Waals surface area contributed by atoms with Crippen LogP contribution in [0.1, 0.15) is 43.6 Å². The first-order valence-corrected chi connectivity index (χ1v) is 7.01. The molecule has 0 spiro atoms. The van der Waals surface area contributed by atoms with Crippen molar-refractivity contribution in [3.63, 3.8) is 0 Å². The summed E-state index contributed by atoms with van der Waals surface area (Å²) >= 11 is 0. The van der Waals surface area contributed by atoms with E-state index in [0.717, 1.165) is 17.4 Å². The predicted octanol–water partition coefficient (Wildman–Crippen LogP) is 1.67. The number of nitrogens with zero attached hydrogens (tertiary/aromatic N) is 3. The minimum absolute atomic E-state index is 0.294. The summed E-state index contributed by atoms with van der Waals surface area (Å²) in [5.74, 6) is 0. The van der Waals surface area contributed by atoms with Crippen LogP contribution in [0.5, 0.6) is 0 Å². The number of aromatic nitrogens is 2. The van der Waals surface area contributed by atoms with Gasteiger partial charge in [0.25, 0.3) is 0 Å². The van der Waals surface area contributed by atoms with Crippen LogP contribution < -0.4 is 5.32 Å². The van der Waals surface area contributed by atoms with Gasteiger partial charge in [0.15, 0.2) is 0 Å². The van der Waals surface area contributed by atoms with E-state index in [-0.39, 0.29) is 0 Å². The molecule has 0 amide bonds. The standard InChI is InChI=1S/C14H22N4/c1-10-14(16-7-6-15-10)11(2)17-12-5-8-18(9-12)13-3-4-13/h6-7,11-13,17H,3-5,8-9H2,1-2H3. The van der Waals surface area contributed by atoms with Gasteiger partial charge in [0.2, 0.25) is 0 Å². The number of hydrogen-bond acceptors (Lipinski definition) is 4. The molecule has 0 radical (unpaired) electrons. The largest absolute Gasteiger partial charge is 0.305 e. The van der Waals surface area contributed by atoms with Crippen LogP contribution in [0.3, 0.4) is 0 Å². The molecule has 98 valence electrons. The molecule has 2 atom stereocenters. The van der Waals surface area contributed by atoms with Crippen LogP contribution in [-0.2, 0) is 0 Å².